The minimum absolute atomic E-state index is 0.151. The fourth-order valence-corrected chi connectivity index (χ4v) is 6.24. The zero-order chi connectivity index (χ0) is 19.2. The van der Waals surface area contributed by atoms with Gasteiger partial charge < -0.3 is 5.32 Å². The summed E-state index contributed by atoms with van der Waals surface area (Å²) in [5.74, 6) is -0.376. The number of rotatable bonds is 3. The zero-order valence-electron chi connectivity index (χ0n) is 14.4. The van der Waals surface area contributed by atoms with Crippen LogP contribution in [0.4, 0.5) is 5.69 Å². The summed E-state index contributed by atoms with van der Waals surface area (Å²) in [6.45, 7) is 1.90. The second kappa shape index (κ2) is 6.78. The molecule has 3 aromatic rings. The number of amides is 1. The maximum Gasteiger partial charge on any atom is 0.225 e. The summed E-state index contributed by atoms with van der Waals surface area (Å²) < 4.78 is 26.2. The minimum atomic E-state index is -3.72. The van der Waals surface area contributed by atoms with Crippen LogP contribution < -0.4 is 5.32 Å². The molecule has 0 saturated carbocycles. The molecule has 1 aliphatic rings. The molecule has 27 heavy (non-hydrogen) atoms. The third kappa shape index (κ3) is 3.29. The molecule has 2 aromatic carbocycles. The lowest BCUT2D eigenvalue weighted by atomic mass is 9.91. The van der Waals surface area contributed by atoms with Gasteiger partial charge in [-0.15, -0.1) is 11.3 Å². The molecule has 2 heterocycles. The predicted molar refractivity (Wildman–Crippen MR) is 107 cm³/mol. The third-order valence-electron chi connectivity index (χ3n) is 4.65. The number of benzene rings is 2. The first kappa shape index (κ1) is 18.2. The van der Waals surface area contributed by atoms with Crippen molar-refractivity contribution in [2.24, 2.45) is 0 Å². The molecule has 0 unspecified atom stereocenters. The molecular formula is C20H16ClNO3S2. The lowest BCUT2D eigenvalue weighted by molar-refractivity contribution is -0.116. The SMILES string of the molecule is Cc1ccc(S(=O)(=O)c2csc3c2NC(=O)C[C@H]3c2ccc(Cl)cc2)cc1. The van der Waals surface area contributed by atoms with Gasteiger partial charge in [0.15, 0.2) is 0 Å². The number of sulfone groups is 1. The second-order valence-electron chi connectivity index (χ2n) is 6.51. The summed E-state index contributed by atoms with van der Waals surface area (Å²) >= 11 is 7.33. The van der Waals surface area contributed by atoms with E-state index in [4.69, 9.17) is 11.6 Å². The molecule has 4 nitrogen and oxygen atoms in total. The van der Waals surface area contributed by atoms with Crippen molar-refractivity contribution in [2.75, 3.05) is 5.32 Å². The largest absolute Gasteiger partial charge is 0.324 e. The number of hydrogen-bond acceptors (Lipinski definition) is 4. The van der Waals surface area contributed by atoms with Crippen molar-refractivity contribution in [3.63, 3.8) is 0 Å². The monoisotopic (exact) mass is 417 g/mol. The molecular weight excluding hydrogens is 402 g/mol. The fraction of sp³-hybridized carbons (Fsp3) is 0.150. The van der Waals surface area contributed by atoms with E-state index in [0.717, 1.165) is 16.0 Å². The van der Waals surface area contributed by atoms with E-state index >= 15 is 0 Å². The molecule has 1 aliphatic heterocycles. The normalized spacial score (nSPS) is 16.7. The van der Waals surface area contributed by atoms with Gasteiger partial charge in [-0.2, -0.15) is 0 Å². The Morgan fingerprint density at radius 3 is 2.41 bits per heavy atom. The highest BCUT2D eigenvalue weighted by atomic mass is 35.5. The van der Waals surface area contributed by atoms with E-state index in [9.17, 15) is 13.2 Å². The second-order valence-corrected chi connectivity index (χ2v) is 9.78. The molecule has 7 heteroatoms. The number of carbonyl (C=O) groups is 1. The Hall–Kier alpha value is -2.15. The molecule has 1 amide bonds. The molecule has 0 bridgehead atoms. The summed E-state index contributed by atoms with van der Waals surface area (Å²) in [7, 11) is -3.72. The highest BCUT2D eigenvalue weighted by Crippen LogP contribution is 2.45. The lowest BCUT2D eigenvalue weighted by Gasteiger charge is -2.23. The Morgan fingerprint density at radius 2 is 1.74 bits per heavy atom. The summed E-state index contributed by atoms with van der Waals surface area (Å²) in [5, 5.41) is 5.01. The van der Waals surface area contributed by atoms with Gasteiger partial charge in [0.05, 0.1) is 10.6 Å². The fourth-order valence-electron chi connectivity index (χ4n) is 3.21. The molecule has 0 saturated heterocycles. The standard InChI is InChI=1S/C20H16ClNO3S2/c1-12-2-8-15(9-3-12)27(24,25)17-11-26-20-16(10-18(23)22-19(17)20)13-4-6-14(21)7-5-13/h2-9,11,16H,10H2,1H3,(H,22,23)/t16-/m0/s1. The molecule has 0 fully saturated rings. The van der Waals surface area contributed by atoms with Gasteiger partial charge in [0.1, 0.15) is 4.90 Å². The number of thiophene rings is 1. The number of anilines is 1. The average Bonchev–Trinajstić information content (AvgIpc) is 3.06. The topological polar surface area (TPSA) is 63.2 Å². The van der Waals surface area contributed by atoms with Gasteiger partial charge in [-0.1, -0.05) is 41.4 Å². The van der Waals surface area contributed by atoms with Crippen LogP contribution in [-0.4, -0.2) is 14.3 Å². The number of halogens is 1. The number of fused-ring (bicyclic) bond motifs is 1. The van der Waals surface area contributed by atoms with E-state index in [0.29, 0.717) is 10.7 Å². The number of hydrogen-bond donors (Lipinski definition) is 1. The van der Waals surface area contributed by atoms with Crippen molar-refractivity contribution in [1.82, 2.24) is 0 Å². The minimum Gasteiger partial charge on any atom is -0.324 e. The van der Waals surface area contributed by atoms with Crippen LogP contribution >= 0.6 is 22.9 Å². The molecule has 0 spiro atoms. The van der Waals surface area contributed by atoms with Gasteiger partial charge in [0.2, 0.25) is 15.7 Å². The number of aryl methyl sites for hydroxylation is 1. The zero-order valence-corrected chi connectivity index (χ0v) is 16.8. The van der Waals surface area contributed by atoms with Gasteiger partial charge in [0.25, 0.3) is 0 Å². The maximum absolute atomic E-state index is 13.1. The average molecular weight is 418 g/mol. The van der Waals surface area contributed by atoms with Crippen LogP contribution in [-0.2, 0) is 14.6 Å². The van der Waals surface area contributed by atoms with Crippen molar-refractivity contribution in [1.29, 1.82) is 0 Å². The van der Waals surface area contributed by atoms with Gasteiger partial charge in [-0.25, -0.2) is 8.42 Å². The molecule has 4 rings (SSSR count). The summed E-state index contributed by atoms with van der Waals surface area (Å²) in [6, 6.07) is 14.0. The Kier molecular flexibility index (Phi) is 4.58. The Balaban J connectivity index is 1.82. The van der Waals surface area contributed by atoms with E-state index in [1.165, 1.54) is 11.3 Å². The van der Waals surface area contributed by atoms with Crippen LogP contribution in [0.2, 0.25) is 5.02 Å². The quantitative estimate of drug-likeness (QED) is 0.651. The Morgan fingerprint density at radius 1 is 1.07 bits per heavy atom. The first-order valence-corrected chi connectivity index (χ1v) is 11.1. The van der Waals surface area contributed by atoms with E-state index < -0.39 is 9.84 Å². The van der Waals surface area contributed by atoms with Crippen LogP contribution in [0.1, 0.15) is 28.3 Å². The van der Waals surface area contributed by atoms with Crippen LogP contribution in [0.15, 0.2) is 63.7 Å². The van der Waals surface area contributed by atoms with Crippen molar-refractivity contribution < 1.29 is 13.2 Å². The lowest BCUT2D eigenvalue weighted by Crippen LogP contribution is -2.23. The van der Waals surface area contributed by atoms with Crippen LogP contribution in [0, 0.1) is 6.92 Å². The Labute approximate surface area is 166 Å². The molecule has 1 aromatic heterocycles. The highest BCUT2D eigenvalue weighted by molar-refractivity contribution is 7.91. The first-order chi connectivity index (χ1) is 12.9. The van der Waals surface area contributed by atoms with Crippen molar-refractivity contribution in [2.45, 2.75) is 29.1 Å². The predicted octanol–water partition coefficient (Wildman–Crippen LogP) is 5.02. The molecule has 1 N–H and O–H groups in total. The summed E-state index contributed by atoms with van der Waals surface area (Å²) in [4.78, 5) is 13.5. The van der Waals surface area contributed by atoms with Crippen LogP contribution in [0.5, 0.6) is 0 Å². The number of carbonyl (C=O) groups excluding carboxylic acids is 1. The molecule has 1 atom stereocenters. The van der Waals surface area contributed by atoms with Gasteiger partial charge in [0, 0.05) is 27.6 Å². The maximum atomic E-state index is 13.1. The smallest absolute Gasteiger partial charge is 0.225 e. The summed E-state index contributed by atoms with van der Waals surface area (Å²) in [6.07, 6.45) is 0.277. The molecule has 0 radical (unpaired) electrons. The van der Waals surface area contributed by atoms with Crippen molar-refractivity contribution in [3.8, 4) is 0 Å². The molecule has 138 valence electrons. The van der Waals surface area contributed by atoms with E-state index in [2.05, 4.69) is 5.32 Å². The van der Waals surface area contributed by atoms with Crippen LogP contribution in [0.3, 0.4) is 0 Å². The van der Waals surface area contributed by atoms with Gasteiger partial charge in [-0.05, 0) is 36.8 Å². The van der Waals surface area contributed by atoms with Gasteiger partial charge in [-0.3, -0.25) is 4.79 Å². The van der Waals surface area contributed by atoms with Crippen molar-refractivity contribution in [3.05, 3.63) is 74.9 Å². The third-order valence-corrected chi connectivity index (χ3v) is 7.94. The van der Waals surface area contributed by atoms with E-state index in [1.54, 1.807) is 41.8 Å². The van der Waals surface area contributed by atoms with Gasteiger partial charge >= 0.3 is 0 Å². The summed E-state index contributed by atoms with van der Waals surface area (Å²) in [5.41, 5.74) is 2.32. The highest BCUT2D eigenvalue weighted by Gasteiger charge is 2.34. The van der Waals surface area contributed by atoms with E-state index in [-0.39, 0.29) is 28.0 Å². The first-order valence-electron chi connectivity index (χ1n) is 8.35. The molecule has 0 aliphatic carbocycles. The van der Waals surface area contributed by atoms with E-state index in [1.807, 2.05) is 19.1 Å². The number of nitrogens with one attached hydrogen (secondary N) is 1. The van der Waals surface area contributed by atoms with Crippen LogP contribution in [0.25, 0.3) is 0 Å². The Bertz CT molecular complexity index is 1120. The van der Waals surface area contributed by atoms with Crippen molar-refractivity contribution >= 4 is 44.4 Å².